The van der Waals surface area contributed by atoms with Gasteiger partial charge in [-0.3, -0.25) is 15.0 Å². The van der Waals surface area contributed by atoms with Crippen molar-refractivity contribution in [1.29, 1.82) is 0 Å². The van der Waals surface area contributed by atoms with Crippen LogP contribution in [0.1, 0.15) is 72.3 Å². The fourth-order valence-electron chi connectivity index (χ4n) is 6.51. The molecule has 0 bridgehead atoms. The highest BCUT2D eigenvalue weighted by Gasteiger charge is 2.04. The van der Waals surface area contributed by atoms with Crippen molar-refractivity contribution in [1.82, 2.24) is 15.0 Å². The van der Waals surface area contributed by atoms with Crippen molar-refractivity contribution in [2.24, 2.45) is 0 Å². The Balaban J connectivity index is 1.01. The van der Waals surface area contributed by atoms with Gasteiger partial charge in [0.25, 0.3) is 0 Å². The normalized spacial score (nSPS) is 10.6. The van der Waals surface area contributed by atoms with Gasteiger partial charge in [0.1, 0.15) is 0 Å². The van der Waals surface area contributed by atoms with E-state index in [1.807, 2.05) is 18.6 Å². The first-order valence-electron chi connectivity index (χ1n) is 17.9. The molecule has 3 aromatic heterocycles. The molecule has 7 aromatic rings. The second-order valence-electron chi connectivity index (χ2n) is 12.7. The summed E-state index contributed by atoms with van der Waals surface area (Å²) in [4.78, 5) is 13.9. The number of benzene rings is 4. The molecule has 0 atom stereocenters. The van der Waals surface area contributed by atoms with Crippen molar-refractivity contribution in [3.05, 3.63) is 162 Å². The third-order valence-corrected chi connectivity index (χ3v) is 9.05. The third kappa shape index (κ3) is 8.88. The van der Waals surface area contributed by atoms with Crippen LogP contribution in [-0.4, -0.2) is 15.0 Å². The first kappa shape index (κ1) is 33.3. The van der Waals surface area contributed by atoms with Crippen LogP contribution >= 0.6 is 0 Å². The summed E-state index contributed by atoms with van der Waals surface area (Å²) in [5, 5.41) is 7.37. The third-order valence-electron chi connectivity index (χ3n) is 9.05. The van der Waals surface area contributed by atoms with Crippen molar-refractivity contribution in [2.45, 2.75) is 57.8 Å². The lowest BCUT2D eigenvalue weighted by atomic mass is 10.0. The monoisotopic (exact) mass is 657 g/mol. The second-order valence-corrected chi connectivity index (χ2v) is 12.7. The zero-order chi connectivity index (χ0) is 34.5. The van der Waals surface area contributed by atoms with Gasteiger partial charge in [-0.15, -0.1) is 0 Å². The van der Waals surface area contributed by atoms with Gasteiger partial charge >= 0.3 is 0 Å². The standard InChI is InChI=1S/C48H39N3/c1(7-25-46-43-22-13-10-19-40(43)28-31-49-46)4-16-37-34-38(17-5-2-8-26-47-44-23-14-11-20-41(44)29-32-50-47)36-39(35-37)18-6-3-9-27-48-45-24-15-12-21-42(45)30-33-51-48/h10-15,19-24,28-36H,1-3,7-9,25-27H2. The Morgan fingerprint density at radius 1 is 0.373 bits per heavy atom. The van der Waals surface area contributed by atoms with Crippen LogP contribution in [0.25, 0.3) is 32.3 Å². The molecule has 0 unspecified atom stereocenters. The summed E-state index contributed by atoms with van der Waals surface area (Å²) in [6.45, 7) is 0. The van der Waals surface area contributed by atoms with Gasteiger partial charge in [-0.25, -0.2) is 0 Å². The number of fused-ring (bicyclic) bond motifs is 3. The van der Waals surface area contributed by atoms with Gasteiger partial charge in [0, 0.05) is 87.8 Å². The average Bonchev–Trinajstić information content (AvgIpc) is 3.17. The fourth-order valence-corrected chi connectivity index (χ4v) is 6.51. The van der Waals surface area contributed by atoms with Gasteiger partial charge in [0.05, 0.1) is 0 Å². The topological polar surface area (TPSA) is 38.7 Å². The Hall–Kier alpha value is -6.21. The van der Waals surface area contributed by atoms with Crippen molar-refractivity contribution in [3.8, 4) is 35.5 Å². The number of aromatic nitrogens is 3. The van der Waals surface area contributed by atoms with Gasteiger partial charge in [0.2, 0.25) is 0 Å². The van der Waals surface area contributed by atoms with E-state index >= 15 is 0 Å². The summed E-state index contributed by atoms with van der Waals surface area (Å²) in [5.74, 6) is 20.4. The Bertz CT molecular complexity index is 2190. The van der Waals surface area contributed by atoms with E-state index in [9.17, 15) is 0 Å². The maximum absolute atomic E-state index is 4.64. The maximum Gasteiger partial charge on any atom is 0.0482 e. The average molecular weight is 658 g/mol. The van der Waals surface area contributed by atoms with Gasteiger partial charge < -0.3 is 0 Å². The number of hydrogen-bond donors (Lipinski definition) is 0. The minimum Gasteiger partial charge on any atom is -0.261 e. The Labute approximate surface area is 301 Å². The summed E-state index contributed by atoms with van der Waals surface area (Å²) >= 11 is 0. The number of hydrogen-bond acceptors (Lipinski definition) is 3. The van der Waals surface area contributed by atoms with Gasteiger partial charge in [-0.2, -0.15) is 0 Å². The molecule has 0 aliphatic heterocycles. The SMILES string of the molecule is C(#Cc1cc(C#CCCCc2nccc3ccccc23)cc(C#CCCCc2nccc3ccccc23)c1)CCCc1nccc2ccccc12. The van der Waals surface area contributed by atoms with E-state index in [1.54, 1.807) is 0 Å². The number of pyridine rings is 3. The van der Waals surface area contributed by atoms with E-state index in [-0.39, 0.29) is 0 Å². The Morgan fingerprint density at radius 2 is 0.686 bits per heavy atom. The molecule has 0 aliphatic rings. The van der Waals surface area contributed by atoms with Gasteiger partial charge in [-0.1, -0.05) is 108 Å². The lowest BCUT2D eigenvalue weighted by molar-refractivity contribution is 0.838. The lowest BCUT2D eigenvalue weighted by Gasteiger charge is -2.04. The minimum atomic E-state index is 0.798. The molecule has 51 heavy (non-hydrogen) atoms. The van der Waals surface area contributed by atoms with Crippen LogP contribution in [0.5, 0.6) is 0 Å². The van der Waals surface area contributed by atoms with E-state index in [2.05, 4.69) is 160 Å². The Morgan fingerprint density at radius 3 is 1.02 bits per heavy atom. The quantitative estimate of drug-likeness (QED) is 0.115. The molecular formula is C48H39N3. The predicted octanol–water partition coefficient (Wildman–Crippen LogP) is 10.5. The second kappa shape index (κ2) is 16.9. The van der Waals surface area contributed by atoms with Gasteiger partial charge in [0.15, 0.2) is 0 Å². The number of nitrogens with zero attached hydrogens (tertiary/aromatic N) is 3. The number of rotatable bonds is 9. The van der Waals surface area contributed by atoms with Crippen molar-refractivity contribution < 1.29 is 0 Å². The number of aryl methyl sites for hydroxylation is 3. The summed E-state index contributed by atoms with van der Waals surface area (Å²) in [7, 11) is 0. The van der Waals surface area contributed by atoms with Crippen molar-refractivity contribution in [2.75, 3.05) is 0 Å². The molecule has 0 spiro atoms. The van der Waals surface area contributed by atoms with Crippen LogP contribution in [-0.2, 0) is 19.3 Å². The lowest BCUT2D eigenvalue weighted by Crippen LogP contribution is -1.92. The molecule has 0 saturated heterocycles. The molecule has 0 aliphatic carbocycles. The highest BCUT2D eigenvalue weighted by Crippen LogP contribution is 2.20. The summed E-state index contributed by atoms with van der Waals surface area (Å²) < 4.78 is 0. The molecule has 246 valence electrons. The molecule has 4 aromatic carbocycles. The van der Waals surface area contributed by atoms with Crippen LogP contribution in [0, 0.1) is 35.5 Å². The Kier molecular flexibility index (Phi) is 11.1. The van der Waals surface area contributed by atoms with E-state index < -0.39 is 0 Å². The zero-order valence-corrected chi connectivity index (χ0v) is 28.8. The van der Waals surface area contributed by atoms with E-state index in [0.29, 0.717) is 0 Å². The van der Waals surface area contributed by atoms with Crippen LogP contribution in [0.3, 0.4) is 0 Å². The molecular weight excluding hydrogens is 619 g/mol. The molecule has 3 nitrogen and oxygen atoms in total. The highest BCUT2D eigenvalue weighted by molar-refractivity contribution is 5.85. The minimum absolute atomic E-state index is 0.798. The molecule has 3 heterocycles. The van der Waals surface area contributed by atoms with Crippen molar-refractivity contribution >= 4 is 32.3 Å². The first-order chi connectivity index (χ1) is 25.3. The highest BCUT2D eigenvalue weighted by atomic mass is 14.7. The van der Waals surface area contributed by atoms with Gasteiger partial charge in [-0.05, 0) is 91.1 Å². The number of unbranched alkanes of at least 4 members (excludes halogenated alkanes) is 3. The fraction of sp³-hybridized carbons (Fsp3) is 0.188. The van der Waals surface area contributed by atoms with E-state index in [1.165, 1.54) is 32.3 Å². The molecule has 0 saturated carbocycles. The molecule has 0 N–H and O–H groups in total. The molecule has 0 fully saturated rings. The summed E-state index contributed by atoms with van der Waals surface area (Å²) in [5.41, 5.74) is 6.27. The van der Waals surface area contributed by atoms with E-state index in [4.69, 9.17) is 0 Å². The molecule has 0 amide bonds. The molecule has 3 heteroatoms. The smallest absolute Gasteiger partial charge is 0.0482 e. The van der Waals surface area contributed by atoms with Crippen LogP contribution < -0.4 is 0 Å². The maximum atomic E-state index is 4.64. The molecule has 7 rings (SSSR count). The van der Waals surface area contributed by atoms with Crippen LogP contribution in [0.2, 0.25) is 0 Å². The van der Waals surface area contributed by atoms with E-state index in [0.717, 1.165) is 91.6 Å². The predicted molar refractivity (Wildman–Crippen MR) is 211 cm³/mol. The largest absolute Gasteiger partial charge is 0.261 e. The summed E-state index contributed by atoms with van der Waals surface area (Å²) in [6.07, 6.45) is 13.7. The molecule has 0 radical (unpaired) electrons. The zero-order valence-electron chi connectivity index (χ0n) is 28.8. The van der Waals surface area contributed by atoms with Crippen LogP contribution in [0.15, 0.2) is 128 Å². The first-order valence-corrected chi connectivity index (χ1v) is 17.9. The van der Waals surface area contributed by atoms with Crippen LogP contribution in [0.4, 0.5) is 0 Å². The van der Waals surface area contributed by atoms with Crippen molar-refractivity contribution in [3.63, 3.8) is 0 Å². The summed E-state index contributed by atoms with van der Waals surface area (Å²) in [6, 6.07) is 37.8.